The van der Waals surface area contributed by atoms with Crippen molar-refractivity contribution in [3.8, 4) is 0 Å². The highest BCUT2D eigenvalue weighted by atomic mass is 32.1. The van der Waals surface area contributed by atoms with Crippen molar-refractivity contribution in [2.75, 3.05) is 5.32 Å². The minimum atomic E-state index is -0.286. The first kappa shape index (κ1) is 12.7. The molecule has 0 unspecified atom stereocenters. The normalized spacial score (nSPS) is 23.2. The Labute approximate surface area is 116 Å². The molecule has 2 N–H and O–H groups in total. The minimum absolute atomic E-state index is 0.0574. The molecule has 2 aliphatic heterocycles. The molecule has 0 saturated heterocycles. The molecule has 0 fully saturated rings. The summed E-state index contributed by atoms with van der Waals surface area (Å²) in [6, 6.07) is 0. The molecule has 0 saturated carbocycles. The lowest BCUT2D eigenvalue weighted by atomic mass is 9.84. The quantitative estimate of drug-likeness (QED) is 0.767. The summed E-state index contributed by atoms with van der Waals surface area (Å²) >= 11 is 1.41. The highest BCUT2D eigenvalue weighted by molar-refractivity contribution is 7.18. The maximum atomic E-state index is 12.4. The van der Waals surface area contributed by atoms with Gasteiger partial charge in [0, 0.05) is 17.5 Å². The predicted molar refractivity (Wildman–Crippen MR) is 76.2 cm³/mol. The van der Waals surface area contributed by atoms with E-state index in [0.29, 0.717) is 17.7 Å². The van der Waals surface area contributed by atoms with Crippen LogP contribution in [0.3, 0.4) is 0 Å². The number of hydrogen-bond acceptors (Lipinski definition) is 4. The molecule has 0 aromatic carbocycles. The Balaban J connectivity index is 2.16. The SMILES string of the molecule is CC1(C)Cc2c(sc3c2C(=O)CC(C)(C)N3)C(=O)N1. The van der Waals surface area contributed by atoms with Crippen LogP contribution in [0.25, 0.3) is 0 Å². The molecule has 3 heterocycles. The summed E-state index contributed by atoms with van der Waals surface area (Å²) in [5, 5.41) is 7.24. The van der Waals surface area contributed by atoms with Crippen LogP contribution in [0.4, 0.5) is 5.00 Å². The highest BCUT2D eigenvalue weighted by Gasteiger charge is 2.40. The Hall–Kier alpha value is -1.36. The monoisotopic (exact) mass is 278 g/mol. The number of Topliss-reactive ketones (excluding diaryl/α,β-unsaturated/α-hetero) is 1. The van der Waals surface area contributed by atoms with Crippen LogP contribution in [0, 0.1) is 0 Å². The highest BCUT2D eigenvalue weighted by Crippen LogP contribution is 2.43. The van der Waals surface area contributed by atoms with E-state index in [4.69, 9.17) is 0 Å². The number of amides is 1. The molecular weight excluding hydrogens is 260 g/mol. The fourth-order valence-corrected chi connectivity index (χ4v) is 4.20. The Morgan fingerprint density at radius 2 is 1.63 bits per heavy atom. The molecule has 0 aliphatic carbocycles. The van der Waals surface area contributed by atoms with Crippen molar-refractivity contribution in [1.82, 2.24) is 5.32 Å². The van der Waals surface area contributed by atoms with Gasteiger partial charge >= 0.3 is 0 Å². The molecule has 5 heteroatoms. The zero-order valence-electron chi connectivity index (χ0n) is 11.6. The summed E-state index contributed by atoms with van der Waals surface area (Å²) in [5.41, 5.74) is 1.17. The summed E-state index contributed by atoms with van der Waals surface area (Å²) < 4.78 is 0. The lowest BCUT2D eigenvalue weighted by Gasteiger charge is -2.33. The van der Waals surface area contributed by atoms with E-state index in [2.05, 4.69) is 10.6 Å². The summed E-state index contributed by atoms with van der Waals surface area (Å²) in [4.78, 5) is 25.2. The lowest BCUT2D eigenvalue weighted by molar-refractivity contribution is 0.0901. The summed E-state index contributed by atoms with van der Waals surface area (Å²) in [6.07, 6.45) is 1.19. The minimum Gasteiger partial charge on any atom is -0.371 e. The van der Waals surface area contributed by atoms with Gasteiger partial charge in [0.2, 0.25) is 0 Å². The molecule has 1 aromatic rings. The van der Waals surface area contributed by atoms with Crippen molar-refractivity contribution in [2.45, 2.75) is 51.6 Å². The van der Waals surface area contributed by atoms with Crippen molar-refractivity contribution < 1.29 is 9.59 Å². The molecule has 0 atom stereocenters. The van der Waals surface area contributed by atoms with Gasteiger partial charge in [-0.2, -0.15) is 0 Å². The third-order valence-electron chi connectivity index (χ3n) is 3.62. The maximum absolute atomic E-state index is 12.4. The number of nitrogens with one attached hydrogen (secondary N) is 2. The second-order valence-corrected chi connectivity index (χ2v) is 7.76. The molecule has 0 spiro atoms. The van der Waals surface area contributed by atoms with Gasteiger partial charge in [0.15, 0.2) is 5.78 Å². The van der Waals surface area contributed by atoms with E-state index in [1.807, 2.05) is 27.7 Å². The molecule has 2 aliphatic rings. The maximum Gasteiger partial charge on any atom is 0.262 e. The van der Waals surface area contributed by atoms with Gasteiger partial charge in [-0.05, 0) is 39.7 Å². The van der Waals surface area contributed by atoms with Crippen LogP contribution < -0.4 is 10.6 Å². The summed E-state index contributed by atoms with van der Waals surface area (Å²) in [5.74, 6) is 0.0970. The third-order valence-corrected chi connectivity index (χ3v) is 4.76. The second kappa shape index (κ2) is 3.60. The Kier molecular flexibility index (Phi) is 2.40. The van der Waals surface area contributed by atoms with Crippen molar-refractivity contribution >= 4 is 28.0 Å². The molecule has 1 amide bonds. The van der Waals surface area contributed by atoms with Gasteiger partial charge in [0.05, 0.1) is 10.4 Å². The number of carbonyl (C=O) groups is 2. The van der Waals surface area contributed by atoms with Gasteiger partial charge in [0.1, 0.15) is 5.00 Å². The summed E-state index contributed by atoms with van der Waals surface area (Å²) in [7, 11) is 0. The Morgan fingerprint density at radius 3 is 2.32 bits per heavy atom. The number of thiophene rings is 1. The van der Waals surface area contributed by atoms with Crippen LogP contribution in [0.2, 0.25) is 0 Å². The number of ketones is 1. The molecule has 4 nitrogen and oxygen atoms in total. The molecule has 0 radical (unpaired) electrons. The van der Waals surface area contributed by atoms with Crippen LogP contribution in [-0.2, 0) is 6.42 Å². The fraction of sp³-hybridized carbons (Fsp3) is 0.571. The van der Waals surface area contributed by atoms with Crippen molar-refractivity contribution in [2.24, 2.45) is 0 Å². The second-order valence-electron chi connectivity index (χ2n) is 6.74. The number of rotatable bonds is 0. The average Bonchev–Trinajstić information content (AvgIpc) is 2.52. The molecular formula is C14H18N2O2S. The third kappa shape index (κ3) is 1.96. The van der Waals surface area contributed by atoms with E-state index in [1.165, 1.54) is 11.3 Å². The van der Waals surface area contributed by atoms with Crippen LogP contribution in [0.1, 0.15) is 59.7 Å². The lowest BCUT2D eigenvalue weighted by Crippen LogP contribution is -2.49. The Bertz CT molecular complexity index is 599. The number of hydrogen-bond donors (Lipinski definition) is 2. The zero-order chi connectivity index (χ0) is 14.0. The van der Waals surface area contributed by atoms with Crippen LogP contribution in [0.15, 0.2) is 0 Å². The van der Waals surface area contributed by atoms with Crippen molar-refractivity contribution in [1.29, 1.82) is 0 Å². The standard InChI is InChI=1S/C14H18N2O2S/c1-13(2)5-7-9-8(17)6-14(3,4)16-12(9)19-10(7)11(18)15-13/h16H,5-6H2,1-4H3,(H,15,18). The van der Waals surface area contributed by atoms with E-state index in [0.717, 1.165) is 16.1 Å². The van der Waals surface area contributed by atoms with E-state index < -0.39 is 0 Å². The topological polar surface area (TPSA) is 58.2 Å². The first-order valence-electron chi connectivity index (χ1n) is 6.48. The van der Waals surface area contributed by atoms with Gasteiger partial charge in [-0.3, -0.25) is 9.59 Å². The predicted octanol–water partition coefficient (Wildman–Crippen LogP) is 2.59. The van der Waals surface area contributed by atoms with Crippen LogP contribution in [-0.4, -0.2) is 22.8 Å². The smallest absolute Gasteiger partial charge is 0.262 e. The number of anilines is 1. The van der Waals surface area contributed by atoms with Gasteiger partial charge in [0.25, 0.3) is 5.91 Å². The molecule has 102 valence electrons. The van der Waals surface area contributed by atoms with Crippen molar-refractivity contribution in [3.63, 3.8) is 0 Å². The van der Waals surface area contributed by atoms with Crippen LogP contribution >= 0.6 is 11.3 Å². The van der Waals surface area contributed by atoms with E-state index >= 15 is 0 Å². The fourth-order valence-electron chi connectivity index (χ4n) is 2.89. The molecule has 3 rings (SSSR count). The number of fused-ring (bicyclic) bond motifs is 3. The number of carbonyl (C=O) groups excluding carboxylic acids is 2. The van der Waals surface area contributed by atoms with Crippen LogP contribution in [0.5, 0.6) is 0 Å². The van der Waals surface area contributed by atoms with Gasteiger partial charge < -0.3 is 10.6 Å². The van der Waals surface area contributed by atoms with E-state index in [1.54, 1.807) is 0 Å². The average molecular weight is 278 g/mol. The molecule has 0 bridgehead atoms. The van der Waals surface area contributed by atoms with Crippen molar-refractivity contribution in [3.05, 3.63) is 16.0 Å². The summed E-state index contributed by atoms with van der Waals surface area (Å²) in [6.45, 7) is 8.00. The molecule has 19 heavy (non-hydrogen) atoms. The van der Waals surface area contributed by atoms with E-state index in [-0.39, 0.29) is 22.8 Å². The van der Waals surface area contributed by atoms with Gasteiger partial charge in [-0.25, -0.2) is 0 Å². The first-order chi connectivity index (χ1) is 8.69. The molecule has 1 aromatic heterocycles. The Morgan fingerprint density at radius 1 is 1.00 bits per heavy atom. The largest absolute Gasteiger partial charge is 0.371 e. The first-order valence-corrected chi connectivity index (χ1v) is 7.30. The van der Waals surface area contributed by atoms with Gasteiger partial charge in [-0.15, -0.1) is 11.3 Å². The van der Waals surface area contributed by atoms with Gasteiger partial charge in [-0.1, -0.05) is 0 Å². The zero-order valence-corrected chi connectivity index (χ0v) is 12.5. The van der Waals surface area contributed by atoms with E-state index in [9.17, 15) is 9.59 Å².